The van der Waals surface area contributed by atoms with E-state index in [1.807, 2.05) is 6.92 Å². The van der Waals surface area contributed by atoms with E-state index < -0.39 is 11.9 Å². The molecule has 0 aliphatic carbocycles. The van der Waals surface area contributed by atoms with Crippen LogP contribution >= 0.6 is 23.6 Å². The molecule has 0 saturated carbocycles. The van der Waals surface area contributed by atoms with Crippen molar-refractivity contribution in [2.45, 2.75) is 26.7 Å². The lowest BCUT2D eigenvalue weighted by Gasteiger charge is -2.11. The third kappa shape index (κ3) is 6.25. The van der Waals surface area contributed by atoms with Crippen LogP contribution in [0.5, 0.6) is 0 Å². The van der Waals surface area contributed by atoms with Crippen molar-refractivity contribution in [1.29, 1.82) is 0 Å². The van der Waals surface area contributed by atoms with Crippen LogP contribution in [-0.4, -0.2) is 43.8 Å². The fourth-order valence-electron chi connectivity index (χ4n) is 2.58. The molecule has 0 spiro atoms. The Morgan fingerprint density at radius 3 is 2.23 bits per heavy atom. The summed E-state index contributed by atoms with van der Waals surface area (Å²) >= 11 is 6.37. The highest BCUT2D eigenvalue weighted by Gasteiger charge is 2.26. The first-order valence-electron chi connectivity index (χ1n) is 9.47. The molecule has 10 heteroatoms. The molecule has 0 fully saturated rings. The maximum Gasteiger partial charge on any atom is 0.348 e. The van der Waals surface area contributed by atoms with Gasteiger partial charge in [0, 0.05) is 5.69 Å². The number of hydrogen-bond acceptors (Lipinski definition) is 8. The first-order chi connectivity index (χ1) is 14.8. The van der Waals surface area contributed by atoms with Gasteiger partial charge in [0.25, 0.3) is 0 Å². The molecule has 0 amide bonds. The van der Waals surface area contributed by atoms with Crippen molar-refractivity contribution in [2.75, 3.05) is 31.5 Å². The predicted molar refractivity (Wildman–Crippen MR) is 123 cm³/mol. The van der Waals surface area contributed by atoms with E-state index in [2.05, 4.69) is 10.6 Å². The van der Waals surface area contributed by atoms with Crippen molar-refractivity contribution >= 4 is 57.3 Å². The highest BCUT2D eigenvalue weighted by molar-refractivity contribution is 7.80. The number of benzene rings is 1. The third-order valence-corrected chi connectivity index (χ3v) is 5.64. The number of nitrogens with one attached hydrogen (secondary N) is 2. The van der Waals surface area contributed by atoms with Gasteiger partial charge in [-0.1, -0.05) is 13.3 Å². The molecule has 0 aliphatic rings. The fraction of sp³-hybridized carbons (Fsp3) is 0.333. The molecule has 1 aromatic carbocycles. The average molecular weight is 465 g/mol. The second-order valence-electron chi connectivity index (χ2n) is 6.39. The van der Waals surface area contributed by atoms with Crippen LogP contribution in [0.15, 0.2) is 24.3 Å². The van der Waals surface area contributed by atoms with Gasteiger partial charge in [0.2, 0.25) is 0 Å². The molecule has 31 heavy (non-hydrogen) atoms. The molecule has 2 rings (SSSR count). The maximum absolute atomic E-state index is 12.2. The molecule has 166 valence electrons. The molecule has 0 unspecified atom stereocenters. The monoisotopic (exact) mass is 464 g/mol. The van der Waals surface area contributed by atoms with Crippen LogP contribution < -0.4 is 10.6 Å². The van der Waals surface area contributed by atoms with Crippen LogP contribution in [-0.2, 0) is 14.2 Å². The van der Waals surface area contributed by atoms with E-state index in [0.717, 1.165) is 24.2 Å². The number of esters is 3. The van der Waals surface area contributed by atoms with Gasteiger partial charge in [-0.2, -0.15) is 0 Å². The van der Waals surface area contributed by atoms with Crippen molar-refractivity contribution < 1.29 is 28.6 Å². The molecule has 0 atom stereocenters. The zero-order chi connectivity index (χ0) is 23.0. The zero-order valence-electron chi connectivity index (χ0n) is 17.7. The number of thiophene rings is 1. The van der Waals surface area contributed by atoms with E-state index in [1.165, 1.54) is 14.2 Å². The molecule has 0 saturated heterocycles. The number of ether oxygens (including phenoxy) is 3. The van der Waals surface area contributed by atoms with Crippen LogP contribution in [0.1, 0.15) is 55.7 Å². The Kier molecular flexibility index (Phi) is 8.95. The summed E-state index contributed by atoms with van der Waals surface area (Å²) in [6, 6.07) is 6.63. The smallest absolute Gasteiger partial charge is 0.348 e. The molecular formula is C21H24N2O6S2. The molecule has 0 bridgehead atoms. The van der Waals surface area contributed by atoms with Gasteiger partial charge in [0.05, 0.1) is 32.0 Å². The molecule has 0 radical (unpaired) electrons. The number of unbranched alkanes of at least 4 members (excludes halogenated alkanes) is 1. The van der Waals surface area contributed by atoms with Gasteiger partial charge < -0.3 is 24.8 Å². The molecule has 0 aliphatic heterocycles. The molecule has 2 aromatic rings. The van der Waals surface area contributed by atoms with Crippen LogP contribution in [0.2, 0.25) is 0 Å². The second-order valence-corrected chi connectivity index (χ2v) is 7.82. The van der Waals surface area contributed by atoms with Gasteiger partial charge in [-0.3, -0.25) is 0 Å². The van der Waals surface area contributed by atoms with Gasteiger partial charge in [-0.15, -0.1) is 11.3 Å². The van der Waals surface area contributed by atoms with E-state index in [4.69, 9.17) is 26.4 Å². The minimum Gasteiger partial charge on any atom is -0.465 e. The van der Waals surface area contributed by atoms with Crippen LogP contribution in [0, 0.1) is 6.92 Å². The second kappa shape index (κ2) is 11.4. The number of thiocarbonyl (C=S) groups is 1. The van der Waals surface area contributed by atoms with E-state index in [1.54, 1.807) is 31.2 Å². The molecular weight excluding hydrogens is 440 g/mol. The van der Waals surface area contributed by atoms with Gasteiger partial charge in [0.1, 0.15) is 9.88 Å². The summed E-state index contributed by atoms with van der Waals surface area (Å²) in [4.78, 5) is 36.4. The summed E-state index contributed by atoms with van der Waals surface area (Å²) in [7, 11) is 2.52. The highest BCUT2D eigenvalue weighted by atomic mass is 32.1. The first kappa shape index (κ1) is 24.3. The Morgan fingerprint density at radius 2 is 1.65 bits per heavy atom. The van der Waals surface area contributed by atoms with E-state index in [-0.39, 0.29) is 21.5 Å². The SMILES string of the molecule is CCCCOC(=O)c1ccc(NC(=S)Nc2sc(C(=O)OC)c(C)c2C(=O)OC)cc1. The van der Waals surface area contributed by atoms with E-state index in [0.29, 0.717) is 28.4 Å². The summed E-state index contributed by atoms with van der Waals surface area (Å²) < 4.78 is 14.8. The number of anilines is 2. The van der Waals surface area contributed by atoms with Crippen molar-refractivity contribution in [3.05, 3.63) is 45.8 Å². The van der Waals surface area contributed by atoms with Crippen LogP contribution in [0.3, 0.4) is 0 Å². The molecule has 8 nitrogen and oxygen atoms in total. The van der Waals surface area contributed by atoms with Crippen molar-refractivity contribution in [3.63, 3.8) is 0 Å². The Morgan fingerprint density at radius 1 is 1.00 bits per heavy atom. The van der Waals surface area contributed by atoms with Gasteiger partial charge >= 0.3 is 17.9 Å². The van der Waals surface area contributed by atoms with Crippen molar-refractivity contribution in [1.82, 2.24) is 0 Å². The lowest BCUT2D eigenvalue weighted by atomic mass is 10.1. The maximum atomic E-state index is 12.2. The Hall–Kier alpha value is -2.98. The van der Waals surface area contributed by atoms with Gasteiger partial charge in [-0.25, -0.2) is 14.4 Å². The standard InChI is InChI=1S/C21H24N2O6S2/c1-5-6-11-29-18(24)13-7-9-14(10-8-13)22-21(30)23-17-15(19(25)27-3)12(2)16(31-17)20(26)28-4/h7-10H,5-6,11H2,1-4H3,(H2,22,23,30). The number of carbonyl (C=O) groups excluding carboxylic acids is 3. The highest BCUT2D eigenvalue weighted by Crippen LogP contribution is 2.34. The lowest BCUT2D eigenvalue weighted by Crippen LogP contribution is -2.20. The molecule has 1 aromatic heterocycles. The third-order valence-electron chi connectivity index (χ3n) is 4.24. The molecule has 2 N–H and O–H groups in total. The largest absolute Gasteiger partial charge is 0.465 e. The van der Waals surface area contributed by atoms with Crippen LogP contribution in [0.4, 0.5) is 10.7 Å². The first-order valence-corrected chi connectivity index (χ1v) is 10.7. The number of carbonyl (C=O) groups is 3. The minimum atomic E-state index is -0.597. The number of rotatable bonds is 8. The minimum absolute atomic E-state index is 0.195. The lowest BCUT2D eigenvalue weighted by molar-refractivity contribution is 0.0498. The van der Waals surface area contributed by atoms with Gasteiger partial charge in [0.15, 0.2) is 5.11 Å². The van der Waals surface area contributed by atoms with E-state index in [9.17, 15) is 14.4 Å². The van der Waals surface area contributed by atoms with Gasteiger partial charge in [-0.05, 0) is 55.4 Å². The van der Waals surface area contributed by atoms with Crippen molar-refractivity contribution in [2.24, 2.45) is 0 Å². The Labute approximate surface area is 189 Å². The Balaban J connectivity index is 2.11. The number of hydrogen-bond donors (Lipinski definition) is 2. The summed E-state index contributed by atoms with van der Waals surface area (Å²) in [6.45, 7) is 4.04. The van der Waals surface area contributed by atoms with Crippen molar-refractivity contribution in [3.8, 4) is 0 Å². The molecule has 1 heterocycles. The summed E-state index contributed by atoms with van der Waals surface area (Å²) in [5.74, 6) is -1.53. The predicted octanol–water partition coefficient (Wildman–Crippen LogP) is 4.40. The Bertz CT molecular complexity index is 969. The number of methoxy groups -OCH3 is 2. The topological polar surface area (TPSA) is 103 Å². The summed E-state index contributed by atoms with van der Waals surface area (Å²) in [5, 5.41) is 6.45. The normalized spacial score (nSPS) is 10.2. The average Bonchev–Trinajstić information content (AvgIpc) is 3.08. The zero-order valence-corrected chi connectivity index (χ0v) is 19.3. The van der Waals surface area contributed by atoms with E-state index >= 15 is 0 Å². The fourth-order valence-corrected chi connectivity index (χ4v) is 3.99. The summed E-state index contributed by atoms with van der Waals surface area (Å²) in [5.41, 5.74) is 1.72. The quantitative estimate of drug-likeness (QED) is 0.255. The van der Waals surface area contributed by atoms with Crippen LogP contribution in [0.25, 0.3) is 0 Å². The summed E-state index contributed by atoms with van der Waals surface area (Å²) in [6.07, 6.45) is 1.77.